The minimum absolute atomic E-state index is 0.0145. The van der Waals surface area contributed by atoms with Crippen LogP contribution in [0.5, 0.6) is 0 Å². The van der Waals surface area contributed by atoms with Crippen LogP contribution in [0.3, 0.4) is 0 Å². The van der Waals surface area contributed by atoms with E-state index < -0.39 is 46.5 Å². The lowest BCUT2D eigenvalue weighted by molar-refractivity contribution is -0.137. The van der Waals surface area contributed by atoms with Crippen LogP contribution in [0, 0.1) is 17.1 Å². The number of hydroxylamine groups is 1. The van der Waals surface area contributed by atoms with E-state index in [0.29, 0.717) is 11.0 Å². The number of urea groups is 1. The van der Waals surface area contributed by atoms with Crippen LogP contribution in [-0.2, 0) is 22.3 Å². The van der Waals surface area contributed by atoms with E-state index in [-0.39, 0.29) is 23.4 Å². The van der Waals surface area contributed by atoms with Gasteiger partial charge >= 0.3 is 12.2 Å². The maximum absolute atomic E-state index is 14.7. The first-order valence-corrected chi connectivity index (χ1v) is 9.99. The first-order chi connectivity index (χ1) is 16.3. The number of amides is 4. The summed E-state index contributed by atoms with van der Waals surface area (Å²) in [5, 5.41) is 17.5. The van der Waals surface area contributed by atoms with Gasteiger partial charge in [0.2, 0.25) is 0 Å². The van der Waals surface area contributed by atoms with E-state index in [0.717, 1.165) is 29.2 Å². The lowest BCUT2D eigenvalue weighted by Gasteiger charge is -2.27. The molecule has 1 saturated heterocycles. The molecule has 0 saturated carbocycles. The number of hydrogen-bond donors (Lipinski definition) is 2. The predicted octanol–water partition coefficient (Wildman–Crippen LogP) is 3.98. The Morgan fingerprint density at radius 1 is 1.20 bits per heavy atom. The molecule has 1 heterocycles. The molecule has 182 valence electrons. The largest absolute Gasteiger partial charge is 0.417 e. The Hall–Kier alpha value is -4.24. The SMILES string of the molecule is CC1(C)C(=O)N(c2ccc(C#N)c(C(F)(F)F)c2)C(=O)N1Cc1ccc(/C=C/C(=O)NO)cc1F. The van der Waals surface area contributed by atoms with E-state index in [1.807, 2.05) is 0 Å². The molecular weight excluding hydrogens is 472 g/mol. The van der Waals surface area contributed by atoms with Gasteiger partial charge in [0.1, 0.15) is 11.4 Å². The molecular formula is C23H18F4N4O4. The van der Waals surface area contributed by atoms with Crippen molar-refractivity contribution in [2.24, 2.45) is 0 Å². The number of nitrogens with zero attached hydrogens (tertiary/aromatic N) is 3. The van der Waals surface area contributed by atoms with Gasteiger partial charge in [-0.3, -0.25) is 14.8 Å². The van der Waals surface area contributed by atoms with Crippen molar-refractivity contribution in [1.29, 1.82) is 5.26 Å². The molecule has 8 nitrogen and oxygen atoms in total. The highest BCUT2D eigenvalue weighted by molar-refractivity contribution is 6.23. The number of carbonyl (C=O) groups excluding carboxylic acids is 3. The van der Waals surface area contributed by atoms with Crippen LogP contribution in [0.4, 0.5) is 28.0 Å². The monoisotopic (exact) mass is 490 g/mol. The van der Waals surface area contributed by atoms with Gasteiger partial charge in [-0.25, -0.2) is 19.6 Å². The van der Waals surface area contributed by atoms with Crippen molar-refractivity contribution in [3.8, 4) is 6.07 Å². The molecule has 35 heavy (non-hydrogen) atoms. The second-order valence-electron chi connectivity index (χ2n) is 8.07. The Kier molecular flexibility index (Phi) is 6.66. The van der Waals surface area contributed by atoms with Gasteiger partial charge in [-0.15, -0.1) is 0 Å². The summed E-state index contributed by atoms with van der Waals surface area (Å²) in [6.45, 7) is 2.39. The minimum atomic E-state index is -4.89. The van der Waals surface area contributed by atoms with Gasteiger partial charge in [0.25, 0.3) is 11.8 Å². The number of anilines is 1. The number of carbonyl (C=O) groups is 3. The summed E-state index contributed by atoms with van der Waals surface area (Å²) in [5.74, 6) is -2.41. The first-order valence-electron chi connectivity index (χ1n) is 9.99. The predicted molar refractivity (Wildman–Crippen MR) is 114 cm³/mol. The Balaban J connectivity index is 1.94. The number of halogens is 4. The van der Waals surface area contributed by atoms with Crippen molar-refractivity contribution in [2.75, 3.05) is 4.90 Å². The maximum Gasteiger partial charge on any atom is 0.417 e. The highest BCUT2D eigenvalue weighted by Crippen LogP contribution is 2.38. The average molecular weight is 490 g/mol. The van der Waals surface area contributed by atoms with Gasteiger partial charge in [0.15, 0.2) is 0 Å². The van der Waals surface area contributed by atoms with Crippen molar-refractivity contribution in [1.82, 2.24) is 10.4 Å². The minimum Gasteiger partial charge on any atom is -0.305 e. The molecule has 2 aromatic rings. The molecule has 0 bridgehead atoms. The number of rotatable bonds is 5. The van der Waals surface area contributed by atoms with Crippen LogP contribution in [-0.4, -0.2) is 33.5 Å². The Morgan fingerprint density at radius 3 is 2.46 bits per heavy atom. The molecule has 1 aliphatic heterocycles. The Bertz CT molecular complexity index is 1280. The molecule has 4 amide bonds. The van der Waals surface area contributed by atoms with E-state index in [9.17, 15) is 31.9 Å². The highest BCUT2D eigenvalue weighted by atomic mass is 19.4. The Morgan fingerprint density at radius 2 is 1.89 bits per heavy atom. The van der Waals surface area contributed by atoms with E-state index in [2.05, 4.69) is 0 Å². The molecule has 12 heteroatoms. The van der Waals surface area contributed by atoms with Gasteiger partial charge in [-0.05, 0) is 49.8 Å². The average Bonchev–Trinajstić information content (AvgIpc) is 2.96. The molecule has 0 aliphatic carbocycles. The summed E-state index contributed by atoms with van der Waals surface area (Å²) < 4.78 is 54.8. The smallest absolute Gasteiger partial charge is 0.305 e. The zero-order chi connectivity index (χ0) is 26.1. The molecule has 0 radical (unpaired) electrons. The van der Waals surface area contributed by atoms with E-state index in [1.165, 1.54) is 43.6 Å². The van der Waals surface area contributed by atoms with Gasteiger partial charge in [-0.1, -0.05) is 12.1 Å². The van der Waals surface area contributed by atoms with Gasteiger partial charge in [0, 0.05) is 11.6 Å². The molecule has 0 unspecified atom stereocenters. The quantitative estimate of drug-likeness (QED) is 0.216. The summed E-state index contributed by atoms with van der Waals surface area (Å²) >= 11 is 0. The number of benzene rings is 2. The van der Waals surface area contributed by atoms with Gasteiger partial charge in [-0.2, -0.15) is 18.4 Å². The van der Waals surface area contributed by atoms with Gasteiger partial charge in [0.05, 0.1) is 29.4 Å². The molecule has 3 rings (SSSR count). The van der Waals surface area contributed by atoms with Crippen molar-refractivity contribution < 1.29 is 37.2 Å². The van der Waals surface area contributed by atoms with Crippen molar-refractivity contribution in [3.63, 3.8) is 0 Å². The maximum atomic E-state index is 14.7. The highest BCUT2D eigenvalue weighted by Gasteiger charge is 2.52. The zero-order valence-electron chi connectivity index (χ0n) is 18.4. The van der Waals surface area contributed by atoms with E-state index in [1.54, 1.807) is 0 Å². The summed E-state index contributed by atoms with van der Waals surface area (Å²) in [7, 11) is 0. The second-order valence-corrected chi connectivity index (χ2v) is 8.07. The molecule has 0 atom stereocenters. The van der Waals surface area contributed by atoms with E-state index >= 15 is 0 Å². The summed E-state index contributed by atoms with van der Waals surface area (Å²) in [6.07, 6.45) is -2.69. The number of imide groups is 1. The number of hydrogen-bond acceptors (Lipinski definition) is 5. The molecule has 0 aromatic heterocycles. The second kappa shape index (κ2) is 9.19. The van der Waals surface area contributed by atoms with Crippen LogP contribution in [0.1, 0.15) is 36.1 Å². The van der Waals surface area contributed by atoms with Crippen LogP contribution in [0.2, 0.25) is 0 Å². The fourth-order valence-corrected chi connectivity index (χ4v) is 3.51. The third-order valence-corrected chi connectivity index (χ3v) is 5.45. The molecule has 1 aliphatic rings. The van der Waals surface area contributed by atoms with Crippen molar-refractivity contribution >= 4 is 29.6 Å². The Labute approximate surface area is 196 Å². The molecule has 0 spiro atoms. The lowest BCUT2D eigenvalue weighted by Crippen LogP contribution is -2.43. The summed E-state index contributed by atoms with van der Waals surface area (Å²) in [6, 6.07) is 6.79. The van der Waals surface area contributed by atoms with E-state index in [4.69, 9.17) is 10.5 Å². The van der Waals surface area contributed by atoms with Gasteiger partial charge < -0.3 is 4.90 Å². The first kappa shape index (κ1) is 25.4. The number of alkyl halides is 3. The molecule has 2 aromatic carbocycles. The zero-order valence-corrected chi connectivity index (χ0v) is 18.4. The standard InChI is InChI=1S/C23H18F4N4O4/c1-22(2)20(33)31(16-7-6-14(11-28)17(10-16)23(25,26)27)21(34)30(22)12-15-5-3-13(9-18(15)24)4-8-19(32)29-35/h3-10,35H,12H2,1-2H3,(H,29,32)/b8-4+. The molecule has 1 fully saturated rings. The van der Waals surface area contributed by atoms with Crippen molar-refractivity contribution in [3.05, 3.63) is 70.5 Å². The summed E-state index contributed by atoms with van der Waals surface area (Å²) in [4.78, 5) is 38.8. The normalized spacial score (nSPS) is 15.6. The van der Waals surface area contributed by atoms with Crippen LogP contribution < -0.4 is 10.4 Å². The van der Waals surface area contributed by atoms with Crippen LogP contribution in [0.25, 0.3) is 6.08 Å². The van der Waals surface area contributed by atoms with Crippen LogP contribution in [0.15, 0.2) is 42.5 Å². The fourth-order valence-electron chi connectivity index (χ4n) is 3.51. The summed E-state index contributed by atoms with van der Waals surface area (Å²) in [5.41, 5.74) is -2.17. The fraction of sp³-hybridized carbons (Fsp3) is 0.217. The topological polar surface area (TPSA) is 114 Å². The third-order valence-electron chi connectivity index (χ3n) is 5.45. The van der Waals surface area contributed by atoms with Crippen LogP contribution >= 0.6 is 0 Å². The number of nitriles is 1. The third kappa shape index (κ3) is 4.85. The lowest BCUT2D eigenvalue weighted by atomic mass is 10.0. The van der Waals surface area contributed by atoms with Crippen molar-refractivity contribution in [2.45, 2.75) is 32.1 Å². The number of nitrogens with one attached hydrogen (secondary N) is 1. The molecule has 2 N–H and O–H groups in total.